The van der Waals surface area contributed by atoms with Gasteiger partial charge in [-0.25, -0.2) is 0 Å². The summed E-state index contributed by atoms with van der Waals surface area (Å²) in [5.41, 5.74) is 3.16. The number of para-hydroxylation sites is 1. The molecule has 1 aliphatic rings. The van der Waals surface area contributed by atoms with Crippen molar-refractivity contribution in [2.45, 2.75) is 32.4 Å². The van der Waals surface area contributed by atoms with Crippen molar-refractivity contribution >= 4 is 17.5 Å². The predicted molar refractivity (Wildman–Crippen MR) is 94.6 cm³/mol. The van der Waals surface area contributed by atoms with Crippen LogP contribution >= 0.6 is 0 Å². The van der Waals surface area contributed by atoms with Crippen LogP contribution in [0.3, 0.4) is 0 Å². The topological polar surface area (TPSA) is 40.6 Å². The maximum absolute atomic E-state index is 12.7. The van der Waals surface area contributed by atoms with Crippen LogP contribution in [0.1, 0.15) is 24.5 Å². The molecule has 0 bridgehead atoms. The Labute approximate surface area is 142 Å². The first-order valence-corrected chi connectivity index (χ1v) is 8.24. The Morgan fingerprint density at radius 2 is 1.75 bits per heavy atom. The second-order valence-electron chi connectivity index (χ2n) is 6.36. The van der Waals surface area contributed by atoms with Crippen molar-refractivity contribution in [1.29, 1.82) is 0 Å². The summed E-state index contributed by atoms with van der Waals surface area (Å²) < 4.78 is 0. The van der Waals surface area contributed by atoms with E-state index < -0.39 is 0 Å². The van der Waals surface area contributed by atoms with Crippen molar-refractivity contribution in [3.63, 3.8) is 0 Å². The number of hydrogen-bond donors (Lipinski definition) is 0. The highest BCUT2D eigenvalue weighted by molar-refractivity contribution is 6.06. The van der Waals surface area contributed by atoms with E-state index in [1.807, 2.05) is 61.5 Å². The number of hydrogen-bond acceptors (Lipinski definition) is 2. The zero-order chi connectivity index (χ0) is 17.1. The molecule has 0 saturated heterocycles. The molecule has 1 aliphatic heterocycles. The second-order valence-corrected chi connectivity index (χ2v) is 6.36. The quantitative estimate of drug-likeness (QED) is 0.812. The summed E-state index contributed by atoms with van der Waals surface area (Å²) in [6.07, 6.45) is 0.748. The molecule has 2 aromatic rings. The molecule has 24 heavy (non-hydrogen) atoms. The molecule has 0 radical (unpaired) electrons. The number of amides is 2. The molecule has 0 fully saturated rings. The molecule has 124 valence electrons. The SMILES string of the molecule is CC1Cc2ccccc2N1C(=O)CC(=O)N(C)Cc1ccccc1. The Morgan fingerprint density at radius 1 is 1.08 bits per heavy atom. The van der Waals surface area contributed by atoms with Crippen LogP contribution in [-0.4, -0.2) is 29.8 Å². The van der Waals surface area contributed by atoms with E-state index in [9.17, 15) is 9.59 Å². The average molecular weight is 322 g/mol. The minimum Gasteiger partial charge on any atom is -0.341 e. The number of anilines is 1. The van der Waals surface area contributed by atoms with Gasteiger partial charge in [-0.3, -0.25) is 9.59 Å². The number of fused-ring (bicyclic) bond motifs is 1. The standard InChI is InChI=1S/C20H22N2O2/c1-15-12-17-10-6-7-11-18(17)22(15)20(24)13-19(23)21(2)14-16-8-4-3-5-9-16/h3-11,15H,12-14H2,1-2H3. The highest BCUT2D eigenvalue weighted by Crippen LogP contribution is 2.32. The molecule has 1 atom stereocenters. The van der Waals surface area contributed by atoms with Gasteiger partial charge in [0.15, 0.2) is 0 Å². The summed E-state index contributed by atoms with van der Waals surface area (Å²) in [6.45, 7) is 2.54. The normalized spacial score (nSPS) is 15.9. The summed E-state index contributed by atoms with van der Waals surface area (Å²) >= 11 is 0. The molecule has 3 rings (SSSR count). The Kier molecular flexibility index (Phi) is 4.65. The van der Waals surface area contributed by atoms with Crippen molar-refractivity contribution in [3.05, 3.63) is 65.7 Å². The molecule has 2 aromatic carbocycles. The van der Waals surface area contributed by atoms with Crippen LogP contribution in [0.15, 0.2) is 54.6 Å². The zero-order valence-electron chi connectivity index (χ0n) is 14.1. The lowest BCUT2D eigenvalue weighted by atomic mass is 10.1. The Hall–Kier alpha value is -2.62. The van der Waals surface area contributed by atoms with Gasteiger partial charge >= 0.3 is 0 Å². The molecule has 4 heteroatoms. The van der Waals surface area contributed by atoms with E-state index in [1.165, 1.54) is 5.56 Å². The van der Waals surface area contributed by atoms with Gasteiger partial charge in [0, 0.05) is 25.3 Å². The van der Waals surface area contributed by atoms with Crippen LogP contribution in [0, 0.1) is 0 Å². The molecule has 0 aromatic heterocycles. The second kappa shape index (κ2) is 6.87. The van der Waals surface area contributed by atoms with Gasteiger partial charge in [0.05, 0.1) is 0 Å². The van der Waals surface area contributed by atoms with Crippen LogP contribution in [0.2, 0.25) is 0 Å². The predicted octanol–water partition coefficient (Wildman–Crippen LogP) is 3.01. The van der Waals surface area contributed by atoms with Gasteiger partial charge in [-0.1, -0.05) is 48.5 Å². The minimum atomic E-state index is -0.152. The van der Waals surface area contributed by atoms with Crippen LogP contribution in [-0.2, 0) is 22.6 Å². The Morgan fingerprint density at radius 3 is 2.50 bits per heavy atom. The lowest BCUT2D eigenvalue weighted by molar-refractivity contribution is -0.134. The number of carbonyl (C=O) groups is 2. The number of benzene rings is 2. The lowest BCUT2D eigenvalue weighted by Crippen LogP contribution is -2.39. The van der Waals surface area contributed by atoms with Crippen LogP contribution in [0.5, 0.6) is 0 Å². The van der Waals surface area contributed by atoms with Crippen molar-refractivity contribution in [2.24, 2.45) is 0 Å². The summed E-state index contributed by atoms with van der Waals surface area (Å²) in [7, 11) is 1.74. The van der Waals surface area contributed by atoms with Crippen molar-refractivity contribution < 1.29 is 9.59 Å². The summed E-state index contributed by atoms with van der Waals surface area (Å²) in [5, 5.41) is 0. The largest absolute Gasteiger partial charge is 0.341 e. The Balaban J connectivity index is 1.65. The highest BCUT2D eigenvalue weighted by atomic mass is 16.2. The van der Waals surface area contributed by atoms with Gasteiger partial charge < -0.3 is 9.80 Å². The van der Waals surface area contributed by atoms with E-state index in [-0.39, 0.29) is 24.3 Å². The first-order valence-electron chi connectivity index (χ1n) is 8.24. The first-order chi connectivity index (χ1) is 11.6. The molecule has 0 aliphatic carbocycles. The molecule has 0 spiro atoms. The number of rotatable bonds is 4. The molecular weight excluding hydrogens is 300 g/mol. The molecule has 4 nitrogen and oxygen atoms in total. The maximum atomic E-state index is 12.7. The maximum Gasteiger partial charge on any atom is 0.236 e. The molecule has 1 unspecified atom stereocenters. The molecule has 0 N–H and O–H groups in total. The van der Waals surface area contributed by atoms with Gasteiger partial charge in [0.2, 0.25) is 11.8 Å². The summed E-state index contributed by atoms with van der Waals surface area (Å²) in [6, 6.07) is 17.8. The fourth-order valence-corrected chi connectivity index (χ4v) is 3.24. The smallest absolute Gasteiger partial charge is 0.236 e. The lowest BCUT2D eigenvalue weighted by Gasteiger charge is -2.24. The fraction of sp³-hybridized carbons (Fsp3) is 0.300. The molecule has 1 heterocycles. The average Bonchev–Trinajstić information content (AvgIpc) is 2.91. The summed E-state index contributed by atoms with van der Waals surface area (Å²) in [5.74, 6) is -0.280. The molecule has 2 amide bonds. The van der Waals surface area contributed by atoms with E-state index in [0.29, 0.717) is 6.54 Å². The van der Waals surface area contributed by atoms with Gasteiger partial charge in [-0.15, -0.1) is 0 Å². The van der Waals surface area contributed by atoms with Gasteiger partial charge in [-0.2, -0.15) is 0 Å². The van der Waals surface area contributed by atoms with Gasteiger partial charge in [0.25, 0.3) is 0 Å². The number of carbonyl (C=O) groups excluding carboxylic acids is 2. The van der Waals surface area contributed by atoms with Crippen molar-refractivity contribution in [1.82, 2.24) is 4.90 Å². The van der Waals surface area contributed by atoms with E-state index in [4.69, 9.17) is 0 Å². The van der Waals surface area contributed by atoms with Crippen LogP contribution < -0.4 is 4.90 Å². The van der Waals surface area contributed by atoms with Gasteiger partial charge in [-0.05, 0) is 30.5 Å². The van der Waals surface area contributed by atoms with Gasteiger partial charge in [0.1, 0.15) is 6.42 Å². The fourth-order valence-electron chi connectivity index (χ4n) is 3.24. The monoisotopic (exact) mass is 322 g/mol. The number of nitrogens with zero attached hydrogens (tertiary/aromatic N) is 2. The third kappa shape index (κ3) is 3.32. The van der Waals surface area contributed by atoms with E-state index in [0.717, 1.165) is 17.7 Å². The van der Waals surface area contributed by atoms with Crippen LogP contribution in [0.25, 0.3) is 0 Å². The van der Waals surface area contributed by atoms with E-state index in [1.54, 1.807) is 16.8 Å². The Bertz CT molecular complexity index is 742. The molecular formula is C20H22N2O2. The van der Waals surface area contributed by atoms with Crippen molar-refractivity contribution in [2.75, 3.05) is 11.9 Å². The third-order valence-corrected chi connectivity index (χ3v) is 4.47. The van der Waals surface area contributed by atoms with E-state index in [2.05, 4.69) is 0 Å². The minimum absolute atomic E-state index is 0.0952. The van der Waals surface area contributed by atoms with Crippen molar-refractivity contribution in [3.8, 4) is 0 Å². The highest BCUT2D eigenvalue weighted by Gasteiger charge is 2.31. The van der Waals surface area contributed by atoms with E-state index >= 15 is 0 Å². The summed E-state index contributed by atoms with van der Waals surface area (Å²) in [4.78, 5) is 28.5. The zero-order valence-corrected chi connectivity index (χ0v) is 14.1. The first kappa shape index (κ1) is 16.2. The molecule has 0 saturated carbocycles. The third-order valence-electron chi connectivity index (χ3n) is 4.47. The van der Waals surface area contributed by atoms with Crippen LogP contribution in [0.4, 0.5) is 5.69 Å².